The Morgan fingerprint density at radius 2 is 2.03 bits per heavy atom. The van der Waals surface area contributed by atoms with Crippen molar-refractivity contribution in [1.82, 2.24) is 19.7 Å². The molecule has 0 radical (unpaired) electrons. The van der Waals surface area contributed by atoms with Crippen LogP contribution in [0.25, 0.3) is 10.9 Å². The number of rotatable bonds is 4. The van der Waals surface area contributed by atoms with E-state index >= 15 is 0 Å². The van der Waals surface area contributed by atoms with Gasteiger partial charge in [-0.3, -0.25) is 14.3 Å². The zero-order valence-electron chi connectivity index (χ0n) is 18.6. The van der Waals surface area contributed by atoms with Crippen molar-refractivity contribution >= 4 is 28.3 Å². The Morgan fingerprint density at radius 3 is 2.75 bits per heavy atom. The predicted octanol–water partition coefficient (Wildman–Crippen LogP) is 3.54. The van der Waals surface area contributed by atoms with Crippen LogP contribution in [-0.4, -0.2) is 51.9 Å². The molecule has 4 heterocycles. The Kier molecular flexibility index (Phi) is 5.25. The molecule has 2 N–H and O–H groups in total. The smallest absolute Gasteiger partial charge is 0.261 e. The summed E-state index contributed by atoms with van der Waals surface area (Å²) in [5, 5.41) is 8.67. The minimum atomic E-state index is -0.313. The number of likely N-dealkylation sites (tertiary alicyclic amines) is 1. The molecule has 1 unspecified atom stereocenters. The van der Waals surface area contributed by atoms with Crippen LogP contribution in [0.1, 0.15) is 48.5 Å². The van der Waals surface area contributed by atoms with Gasteiger partial charge in [0.15, 0.2) is 5.82 Å². The van der Waals surface area contributed by atoms with Gasteiger partial charge in [0.2, 0.25) is 0 Å². The molecule has 2 saturated heterocycles. The lowest BCUT2D eigenvalue weighted by Crippen LogP contribution is -2.39. The van der Waals surface area contributed by atoms with E-state index in [2.05, 4.69) is 17.2 Å². The lowest BCUT2D eigenvalue weighted by molar-refractivity contribution is 0.00589. The lowest BCUT2D eigenvalue weighted by Gasteiger charge is -2.34. The maximum atomic E-state index is 12.8. The first-order valence-electron chi connectivity index (χ1n) is 11.3. The number of hydrogen-bond acceptors (Lipinski definition) is 5. The molecular weight excluding hydrogens is 406 g/mol. The van der Waals surface area contributed by atoms with Crippen LogP contribution in [0.5, 0.6) is 0 Å². The van der Waals surface area contributed by atoms with E-state index in [1.807, 2.05) is 40.8 Å². The van der Waals surface area contributed by atoms with Crippen molar-refractivity contribution in [2.75, 3.05) is 31.6 Å². The highest BCUT2D eigenvalue weighted by molar-refractivity contribution is 5.97. The number of aromatic nitrogens is 3. The van der Waals surface area contributed by atoms with Gasteiger partial charge in [0.25, 0.3) is 11.5 Å². The van der Waals surface area contributed by atoms with Gasteiger partial charge < -0.3 is 19.9 Å². The third kappa shape index (κ3) is 3.58. The van der Waals surface area contributed by atoms with Crippen molar-refractivity contribution in [3.8, 4) is 0 Å². The maximum absolute atomic E-state index is 12.8. The molecule has 2 aliphatic heterocycles. The number of hydrogen-bond donors (Lipinski definition) is 2. The van der Waals surface area contributed by atoms with Gasteiger partial charge in [-0.05, 0) is 69.4 Å². The van der Waals surface area contributed by atoms with E-state index in [1.54, 1.807) is 6.20 Å². The Morgan fingerprint density at radius 1 is 1.22 bits per heavy atom. The van der Waals surface area contributed by atoms with Crippen LogP contribution in [0.3, 0.4) is 0 Å². The summed E-state index contributed by atoms with van der Waals surface area (Å²) in [7, 11) is 0. The molecule has 0 aliphatic carbocycles. The van der Waals surface area contributed by atoms with Gasteiger partial charge in [0.1, 0.15) is 5.39 Å². The summed E-state index contributed by atoms with van der Waals surface area (Å²) < 4.78 is 7.66. The minimum absolute atomic E-state index is 0.0861. The molecule has 2 aliphatic rings. The first-order valence-corrected chi connectivity index (χ1v) is 11.3. The largest absolute Gasteiger partial charge is 0.379 e. The van der Waals surface area contributed by atoms with Gasteiger partial charge in [-0.2, -0.15) is 5.10 Å². The Labute approximate surface area is 186 Å². The maximum Gasteiger partial charge on any atom is 0.261 e. The second-order valence-electron chi connectivity index (χ2n) is 9.13. The van der Waals surface area contributed by atoms with Crippen molar-refractivity contribution in [3.63, 3.8) is 0 Å². The lowest BCUT2D eigenvalue weighted by atomic mass is 9.95. The number of amides is 1. The Bertz CT molecular complexity index is 1220. The van der Waals surface area contributed by atoms with E-state index < -0.39 is 0 Å². The van der Waals surface area contributed by atoms with Gasteiger partial charge in [-0.15, -0.1) is 0 Å². The summed E-state index contributed by atoms with van der Waals surface area (Å²) in [4.78, 5) is 30.2. The normalized spacial score (nSPS) is 21.2. The van der Waals surface area contributed by atoms with Crippen LogP contribution in [0.2, 0.25) is 0 Å². The third-order valence-electron chi connectivity index (χ3n) is 6.65. The number of carbonyl (C=O) groups is 1. The van der Waals surface area contributed by atoms with E-state index in [-0.39, 0.29) is 17.0 Å². The van der Waals surface area contributed by atoms with E-state index in [0.29, 0.717) is 17.8 Å². The van der Waals surface area contributed by atoms with Crippen molar-refractivity contribution in [3.05, 3.63) is 51.9 Å². The quantitative estimate of drug-likeness (QED) is 0.654. The molecular formula is C24H29N5O3. The van der Waals surface area contributed by atoms with Crippen LogP contribution < -0.4 is 10.9 Å². The number of benzene rings is 1. The number of nitrogens with zero attached hydrogens (tertiary/aromatic N) is 3. The van der Waals surface area contributed by atoms with Crippen LogP contribution >= 0.6 is 0 Å². The summed E-state index contributed by atoms with van der Waals surface area (Å²) in [5.74, 6) is 0.592. The van der Waals surface area contributed by atoms with E-state index in [4.69, 9.17) is 9.84 Å². The molecule has 0 bridgehead atoms. The topological polar surface area (TPSA) is 92.2 Å². The van der Waals surface area contributed by atoms with Crippen molar-refractivity contribution in [2.45, 2.75) is 45.1 Å². The first-order chi connectivity index (χ1) is 15.5. The molecule has 1 atom stereocenters. The van der Waals surface area contributed by atoms with E-state index in [9.17, 15) is 9.59 Å². The monoisotopic (exact) mass is 435 g/mol. The number of nitrogens with one attached hydrogen (secondary N) is 2. The fourth-order valence-electron chi connectivity index (χ4n) is 4.87. The summed E-state index contributed by atoms with van der Waals surface area (Å²) in [6.45, 7) is 7.02. The number of fused-ring (bicyclic) bond motifs is 1. The molecule has 0 spiro atoms. The molecule has 2 fully saturated rings. The minimum Gasteiger partial charge on any atom is -0.379 e. The molecule has 32 heavy (non-hydrogen) atoms. The van der Waals surface area contributed by atoms with Crippen LogP contribution in [0.15, 0.2) is 35.3 Å². The number of aromatic amines is 1. The van der Waals surface area contributed by atoms with Crippen LogP contribution in [0, 0.1) is 6.92 Å². The fourth-order valence-corrected chi connectivity index (χ4v) is 4.87. The number of H-pyrrole nitrogens is 1. The fraction of sp³-hybridized carbons (Fsp3) is 0.458. The van der Waals surface area contributed by atoms with Gasteiger partial charge in [-0.1, -0.05) is 0 Å². The molecule has 168 valence electrons. The van der Waals surface area contributed by atoms with Gasteiger partial charge in [0.05, 0.1) is 17.7 Å². The van der Waals surface area contributed by atoms with Crippen molar-refractivity contribution in [2.24, 2.45) is 0 Å². The van der Waals surface area contributed by atoms with Crippen LogP contribution in [-0.2, 0) is 10.3 Å². The van der Waals surface area contributed by atoms with E-state index in [1.165, 1.54) is 0 Å². The molecule has 0 saturated carbocycles. The number of anilines is 2. The average molecular weight is 436 g/mol. The molecule has 8 nitrogen and oxygen atoms in total. The summed E-state index contributed by atoms with van der Waals surface area (Å²) in [5.41, 5.74) is 2.69. The number of carbonyl (C=O) groups excluding carboxylic acids is 1. The summed E-state index contributed by atoms with van der Waals surface area (Å²) in [6, 6.07) is 7.57. The predicted molar refractivity (Wildman–Crippen MR) is 124 cm³/mol. The highest BCUT2D eigenvalue weighted by atomic mass is 16.5. The second kappa shape index (κ2) is 8.09. The molecule has 3 aromatic rings. The second-order valence-corrected chi connectivity index (χ2v) is 9.13. The summed E-state index contributed by atoms with van der Waals surface area (Å²) >= 11 is 0. The molecule has 5 rings (SSSR count). The molecule has 2 aromatic heterocycles. The molecule has 1 aromatic carbocycles. The zero-order chi connectivity index (χ0) is 22.3. The van der Waals surface area contributed by atoms with Crippen LogP contribution in [0.4, 0.5) is 11.5 Å². The number of aryl methyl sites for hydroxylation is 1. The first kappa shape index (κ1) is 20.8. The summed E-state index contributed by atoms with van der Waals surface area (Å²) in [6.07, 6.45) is 5.68. The highest BCUT2D eigenvalue weighted by Crippen LogP contribution is 2.33. The van der Waals surface area contributed by atoms with Gasteiger partial charge in [-0.25, -0.2) is 0 Å². The Balaban J connectivity index is 1.50. The van der Waals surface area contributed by atoms with Gasteiger partial charge >= 0.3 is 0 Å². The van der Waals surface area contributed by atoms with E-state index in [0.717, 1.165) is 67.7 Å². The third-order valence-corrected chi connectivity index (χ3v) is 6.65. The standard InChI is InChI=1S/C24H29N5O3/c1-16-14-17(6-7-18(16)23(31)28-11-3-4-12-28)26-21-20-19(8-10-25-22(20)30)29(27-21)24(2)9-5-13-32-15-24/h6-8,10,14H,3-5,9,11-13,15H2,1-2H3,(H,25,30)(H,26,27). The number of ether oxygens (including phenoxy) is 1. The van der Waals surface area contributed by atoms with Crippen molar-refractivity contribution < 1.29 is 9.53 Å². The Hall–Kier alpha value is -3.13. The average Bonchev–Trinajstić information content (AvgIpc) is 3.44. The number of pyridine rings is 1. The molecule has 8 heteroatoms. The van der Waals surface area contributed by atoms with Gasteiger partial charge in [0, 0.05) is 37.1 Å². The molecule has 1 amide bonds. The SMILES string of the molecule is Cc1cc(Nc2nn(C3(C)CCCOC3)c3cc[nH]c(=O)c23)ccc1C(=O)N1CCCC1. The van der Waals surface area contributed by atoms with Crippen molar-refractivity contribution in [1.29, 1.82) is 0 Å². The zero-order valence-corrected chi connectivity index (χ0v) is 18.6. The highest BCUT2D eigenvalue weighted by Gasteiger charge is 2.33.